The first-order chi connectivity index (χ1) is 17.7. The largest absolute Gasteiger partial charge is 0.465 e. The Kier molecular flexibility index (Phi) is 8.39. The van der Waals surface area contributed by atoms with Crippen LogP contribution in [0.1, 0.15) is 60.0 Å². The lowest BCUT2D eigenvalue weighted by Gasteiger charge is -2.34. The van der Waals surface area contributed by atoms with Crippen LogP contribution in [-0.2, 0) is 22.1 Å². The third-order valence-electron chi connectivity index (χ3n) is 7.67. The monoisotopic (exact) mass is 520 g/mol. The Hall–Kier alpha value is -3.10. The highest BCUT2D eigenvalue weighted by molar-refractivity contribution is 5.91. The highest BCUT2D eigenvalue weighted by Gasteiger charge is 2.33. The number of halogens is 4. The molecule has 9 heteroatoms. The molecule has 0 aromatic heterocycles. The fourth-order valence-corrected chi connectivity index (χ4v) is 5.55. The molecule has 1 saturated heterocycles. The molecule has 1 aliphatic heterocycles. The predicted octanol–water partition coefficient (Wildman–Crippen LogP) is 5.77. The number of carbonyl (C=O) groups is 2. The number of anilines is 1. The molecule has 0 unspecified atom stereocenters. The molecule has 2 aromatic carbocycles. The standard InChI is InChI=1S/C28H32F4N2O3/c1-37-27(36)24-12-9-22(29)17-20(24)6-5-18-3-2-4-25(18)33-26(35)19-13-15-34(16-14-19)23-10-7-21(8-11-23)28(30,31)32/h7-12,17-19,25H,2-6,13-16H2,1H3,(H,33,35)/t18-,25-/m0/s1. The molecule has 2 aliphatic rings. The van der Waals surface area contributed by atoms with E-state index in [1.165, 1.54) is 37.4 Å². The molecule has 200 valence electrons. The summed E-state index contributed by atoms with van der Waals surface area (Å²) >= 11 is 0. The summed E-state index contributed by atoms with van der Waals surface area (Å²) < 4.78 is 57.1. The van der Waals surface area contributed by atoms with Gasteiger partial charge in [0.2, 0.25) is 5.91 Å². The van der Waals surface area contributed by atoms with Crippen LogP contribution in [0.4, 0.5) is 23.2 Å². The summed E-state index contributed by atoms with van der Waals surface area (Å²) in [7, 11) is 1.30. The molecule has 5 nitrogen and oxygen atoms in total. The number of nitrogens with one attached hydrogen (secondary N) is 1. The second kappa shape index (κ2) is 11.5. The van der Waals surface area contributed by atoms with Crippen LogP contribution in [0, 0.1) is 17.7 Å². The molecular formula is C28H32F4N2O3. The molecule has 0 spiro atoms. The molecule has 37 heavy (non-hydrogen) atoms. The Morgan fingerprint density at radius 1 is 1.03 bits per heavy atom. The summed E-state index contributed by atoms with van der Waals surface area (Å²) in [5, 5.41) is 3.23. The summed E-state index contributed by atoms with van der Waals surface area (Å²) in [6.45, 7) is 1.21. The van der Waals surface area contributed by atoms with E-state index < -0.39 is 23.5 Å². The number of carbonyl (C=O) groups excluding carboxylic acids is 2. The molecule has 2 atom stereocenters. The van der Waals surface area contributed by atoms with Crippen LogP contribution in [0.25, 0.3) is 0 Å². The zero-order valence-corrected chi connectivity index (χ0v) is 20.8. The van der Waals surface area contributed by atoms with E-state index in [-0.39, 0.29) is 23.8 Å². The number of amides is 1. The quantitative estimate of drug-likeness (QED) is 0.372. The van der Waals surface area contributed by atoms with Crippen LogP contribution in [-0.4, -0.2) is 38.1 Å². The molecule has 2 aromatic rings. The molecule has 1 amide bonds. The second-order valence-corrected chi connectivity index (χ2v) is 9.94. The molecule has 0 bridgehead atoms. The molecule has 1 aliphatic carbocycles. The Balaban J connectivity index is 1.29. The number of aryl methyl sites for hydroxylation is 1. The van der Waals surface area contributed by atoms with E-state index >= 15 is 0 Å². The van der Waals surface area contributed by atoms with Gasteiger partial charge in [-0.2, -0.15) is 13.2 Å². The zero-order valence-electron chi connectivity index (χ0n) is 20.8. The van der Waals surface area contributed by atoms with Gasteiger partial charge in [0.05, 0.1) is 18.2 Å². The third-order valence-corrected chi connectivity index (χ3v) is 7.67. The van der Waals surface area contributed by atoms with Gasteiger partial charge in [0.25, 0.3) is 0 Å². The van der Waals surface area contributed by atoms with Gasteiger partial charge < -0.3 is 15.0 Å². The molecule has 1 saturated carbocycles. The fourth-order valence-electron chi connectivity index (χ4n) is 5.55. The summed E-state index contributed by atoms with van der Waals surface area (Å²) in [5.41, 5.74) is 1.03. The van der Waals surface area contributed by atoms with Gasteiger partial charge in [-0.25, -0.2) is 9.18 Å². The van der Waals surface area contributed by atoms with Crippen LogP contribution in [0.2, 0.25) is 0 Å². The molecule has 1 N–H and O–H groups in total. The van der Waals surface area contributed by atoms with Crippen molar-refractivity contribution in [2.24, 2.45) is 11.8 Å². The molecular weight excluding hydrogens is 488 g/mol. The Labute approximate surface area is 214 Å². The van der Waals surface area contributed by atoms with Crippen LogP contribution in [0.5, 0.6) is 0 Å². The van der Waals surface area contributed by atoms with Crippen LogP contribution >= 0.6 is 0 Å². The van der Waals surface area contributed by atoms with Crippen molar-refractivity contribution >= 4 is 17.6 Å². The van der Waals surface area contributed by atoms with Gasteiger partial charge in [0.15, 0.2) is 0 Å². The van der Waals surface area contributed by atoms with E-state index in [4.69, 9.17) is 4.74 Å². The van der Waals surface area contributed by atoms with E-state index in [0.29, 0.717) is 43.5 Å². The first kappa shape index (κ1) is 26.9. The third kappa shape index (κ3) is 6.62. The number of benzene rings is 2. The van der Waals surface area contributed by atoms with Crippen molar-refractivity contribution in [1.29, 1.82) is 0 Å². The van der Waals surface area contributed by atoms with Gasteiger partial charge in [0.1, 0.15) is 5.82 Å². The topological polar surface area (TPSA) is 58.6 Å². The van der Waals surface area contributed by atoms with E-state index in [0.717, 1.165) is 43.5 Å². The van der Waals surface area contributed by atoms with Crippen LogP contribution in [0.3, 0.4) is 0 Å². The normalized spacial score (nSPS) is 20.6. The molecule has 0 radical (unpaired) electrons. The fraction of sp³-hybridized carbons (Fsp3) is 0.500. The number of piperidine rings is 1. The lowest BCUT2D eigenvalue weighted by Crippen LogP contribution is -2.45. The van der Waals surface area contributed by atoms with E-state index in [1.807, 2.05) is 4.90 Å². The van der Waals surface area contributed by atoms with E-state index in [1.54, 1.807) is 0 Å². The minimum absolute atomic E-state index is 0.0185. The SMILES string of the molecule is COC(=O)c1ccc(F)cc1CC[C@@H]1CCC[C@@H]1NC(=O)C1CCN(c2ccc(C(F)(F)F)cc2)CC1. The van der Waals surface area contributed by atoms with Crippen molar-refractivity contribution < 1.29 is 31.9 Å². The summed E-state index contributed by atoms with van der Waals surface area (Å²) in [6, 6.07) is 9.25. The van der Waals surface area contributed by atoms with Crippen molar-refractivity contribution in [3.63, 3.8) is 0 Å². The van der Waals surface area contributed by atoms with Gasteiger partial charge in [0, 0.05) is 30.7 Å². The van der Waals surface area contributed by atoms with Crippen LogP contribution in [0.15, 0.2) is 42.5 Å². The number of hydrogen-bond acceptors (Lipinski definition) is 4. The number of nitrogens with zero attached hydrogens (tertiary/aromatic N) is 1. The summed E-state index contributed by atoms with van der Waals surface area (Å²) in [6.07, 6.45) is 0.993. The highest BCUT2D eigenvalue weighted by atomic mass is 19.4. The van der Waals surface area contributed by atoms with E-state index in [9.17, 15) is 27.2 Å². The summed E-state index contributed by atoms with van der Waals surface area (Å²) in [5.74, 6) is -0.772. The second-order valence-electron chi connectivity index (χ2n) is 9.94. The number of methoxy groups -OCH3 is 1. The van der Waals surface area contributed by atoms with Gasteiger partial charge in [-0.3, -0.25) is 4.79 Å². The predicted molar refractivity (Wildman–Crippen MR) is 132 cm³/mol. The minimum Gasteiger partial charge on any atom is -0.465 e. The maximum absolute atomic E-state index is 13.8. The smallest absolute Gasteiger partial charge is 0.416 e. The Bertz CT molecular complexity index is 1100. The van der Waals surface area contributed by atoms with Crippen molar-refractivity contribution in [2.75, 3.05) is 25.1 Å². The average molecular weight is 521 g/mol. The summed E-state index contributed by atoms with van der Waals surface area (Å²) in [4.78, 5) is 27.1. The number of alkyl halides is 3. The number of rotatable bonds is 7. The van der Waals surface area contributed by atoms with Crippen LogP contribution < -0.4 is 10.2 Å². The average Bonchev–Trinajstić information content (AvgIpc) is 3.33. The first-order valence-corrected chi connectivity index (χ1v) is 12.7. The van der Waals surface area contributed by atoms with Gasteiger partial charge >= 0.3 is 12.1 Å². The van der Waals surface area contributed by atoms with Gasteiger partial charge in [-0.05, 0) is 92.5 Å². The maximum Gasteiger partial charge on any atom is 0.416 e. The Morgan fingerprint density at radius 3 is 2.38 bits per heavy atom. The van der Waals surface area contributed by atoms with Gasteiger partial charge in [-0.15, -0.1) is 0 Å². The minimum atomic E-state index is -4.36. The molecule has 1 heterocycles. The molecule has 2 fully saturated rings. The maximum atomic E-state index is 13.8. The van der Waals surface area contributed by atoms with E-state index in [2.05, 4.69) is 5.32 Å². The number of ether oxygens (including phenoxy) is 1. The lowest BCUT2D eigenvalue weighted by molar-refractivity contribution is -0.137. The molecule has 4 rings (SSSR count). The highest BCUT2D eigenvalue weighted by Crippen LogP contribution is 2.33. The Morgan fingerprint density at radius 2 is 1.73 bits per heavy atom. The first-order valence-electron chi connectivity index (χ1n) is 12.7. The zero-order chi connectivity index (χ0) is 26.6. The lowest BCUT2D eigenvalue weighted by atomic mass is 9.91. The number of esters is 1. The van der Waals surface area contributed by atoms with Crippen molar-refractivity contribution in [2.45, 2.75) is 57.2 Å². The van der Waals surface area contributed by atoms with Crippen molar-refractivity contribution in [3.05, 3.63) is 65.0 Å². The van der Waals surface area contributed by atoms with Gasteiger partial charge in [-0.1, -0.05) is 6.42 Å². The number of hydrogen-bond donors (Lipinski definition) is 1. The van der Waals surface area contributed by atoms with Crippen molar-refractivity contribution in [3.8, 4) is 0 Å². The van der Waals surface area contributed by atoms with Crippen molar-refractivity contribution in [1.82, 2.24) is 5.32 Å².